The third kappa shape index (κ3) is 3.81. The number of rotatable bonds is 5. The van der Waals surface area contributed by atoms with Crippen LogP contribution < -0.4 is 10.6 Å². The van der Waals surface area contributed by atoms with Gasteiger partial charge in [0.25, 0.3) is 0 Å². The first-order valence-corrected chi connectivity index (χ1v) is 4.89. The number of aromatic nitrogens is 2. The molecule has 1 heterocycles. The predicted octanol–water partition coefficient (Wildman–Crippen LogP) is 0.195. The summed E-state index contributed by atoms with van der Waals surface area (Å²) in [5.74, 6) is 0.826. The van der Waals surface area contributed by atoms with Crippen molar-refractivity contribution < 1.29 is 4.74 Å². The van der Waals surface area contributed by atoms with E-state index in [0.717, 1.165) is 11.5 Å². The highest BCUT2D eigenvalue weighted by Gasteiger charge is 2.08. The molecule has 5 heteroatoms. The number of hydrogen-bond donors (Lipinski definition) is 1. The highest BCUT2D eigenvalue weighted by atomic mass is 16.5. The van der Waals surface area contributed by atoms with Gasteiger partial charge in [-0.1, -0.05) is 0 Å². The van der Waals surface area contributed by atoms with Crippen molar-refractivity contribution >= 4 is 5.82 Å². The molecule has 0 aliphatic rings. The van der Waals surface area contributed by atoms with E-state index in [1.807, 2.05) is 31.0 Å². The molecule has 1 unspecified atom stereocenters. The maximum absolute atomic E-state index is 5.84. The van der Waals surface area contributed by atoms with Crippen LogP contribution in [0.5, 0.6) is 0 Å². The van der Waals surface area contributed by atoms with Gasteiger partial charge < -0.3 is 15.4 Å². The van der Waals surface area contributed by atoms with E-state index >= 15 is 0 Å². The van der Waals surface area contributed by atoms with E-state index in [4.69, 9.17) is 10.5 Å². The Morgan fingerprint density at radius 2 is 2.20 bits per heavy atom. The number of methoxy groups -OCH3 is 1. The van der Waals surface area contributed by atoms with Gasteiger partial charge in [-0.05, 0) is 19.1 Å². The molecule has 15 heavy (non-hydrogen) atoms. The number of anilines is 1. The van der Waals surface area contributed by atoms with Gasteiger partial charge in [-0.2, -0.15) is 5.10 Å². The maximum Gasteiger partial charge on any atom is 0.151 e. The second-order valence-corrected chi connectivity index (χ2v) is 3.63. The second kappa shape index (κ2) is 5.63. The number of nitrogens with zero attached hydrogens (tertiary/aromatic N) is 3. The molecule has 0 aliphatic carbocycles. The normalized spacial score (nSPS) is 12.5. The van der Waals surface area contributed by atoms with Gasteiger partial charge in [-0.25, -0.2) is 0 Å². The molecule has 0 radical (unpaired) electrons. The molecule has 0 aliphatic heterocycles. The number of likely N-dealkylation sites (N-methyl/N-ethyl adjacent to an activating group) is 1. The summed E-state index contributed by atoms with van der Waals surface area (Å²) in [6.07, 6.45) is 0. The van der Waals surface area contributed by atoms with Crippen LogP contribution in [0.3, 0.4) is 0 Å². The van der Waals surface area contributed by atoms with Gasteiger partial charge in [-0.15, -0.1) is 5.10 Å². The fourth-order valence-corrected chi connectivity index (χ4v) is 1.31. The van der Waals surface area contributed by atoms with Gasteiger partial charge in [-0.3, -0.25) is 0 Å². The van der Waals surface area contributed by atoms with Crippen LogP contribution in [0.4, 0.5) is 5.82 Å². The molecule has 5 nitrogen and oxygen atoms in total. The summed E-state index contributed by atoms with van der Waals surface area (Å²) < 4.78 is 4.97. The number of aryl methyl sites for hydroxylation is 1. The molecular weight excluding hydrogens is 192 g/mol. The molecule has 2 N–H and O–H groups in total. The minimum absolute atomic E-state index is 0.0110. The van der Waals surface area contributed by atoms with Gasteiger partial charge in [0.15, 0.2) is 5.82 Å². The third-order valence-electron chi connectivity index (χ3n) is 2.06. The molecule has 0 aromatic carbocycles. The van der Waals surface area contributed by atoms with Crippen molar-refractivity contribution in [1.82, 2.24) is 10.2 Å². The van der Waals surface area contributed by atoms with E-state index in [1.165, 1.54) is 0 Å². The Labute approximate surface area is 90.2 Å². The Hall–Kier alpha value is -1.20. The third-order valence-corrected chi connectivity index (χ3v) is 2.06. The number of hydrogen-bond acceptors (Lipinski definition) is 5. The Morgan fingerprint density at radius 3 is 2.73 bits per heavy atom. The topological polar surface area (TPSA) is 64.3 Å². The van der Waals surface area contributed by atoms with Gasteiger partial charge >= 0.3 is 0 Å². The first kappa shape index (κ1) is 11.9. The molecule has 1 atom stereocenters. The highest BCUT2D eigenvalue weighted by Crippen LogP contribution is 2.06. The van der Waals surface area contributed by atoms with E-state index in [2.05, 4.69) is 10.2 Å². The molecule has 1 aromatic heterocycles. The number of nitrogens with two attached hydrogens (primary N) is 1. The first-order chi connectivity index (χ1) is 7.13. The van der Waals surface area contributed by atoms with Crippen molar-refractivity contribution in [2.24, 2.45) is 5.73 Å². The van der Waals surface area contributed by atoms with Crippen molar-refractivity contribution in [2.75, 3.05) is 32.2 Å². The SMILES string of the molecule is COCC(N)CN(C)c1ccc(C)nn1. The second-order valence-electron chi connectivity index (χ2n) is 3.63. The minimum atomic E-state index is -0.0110. The van der Waals surface area contributed by atoms with Gasteiger partial charge in [0.05, 0.1) is 12.3 Å². The Morgan fingerprint density at radius 1 is 1.47 bits per heavy atom. The van der Waals surface area contributed by atoms with E-state index in [9.17, 15) is 0 Å². The van der Waals surface area contributed by atoms with Crippen molar-refractivity contribution in [2.45, 2.75) is 13.0 Å². The molecule has 0 amide bonds. The largest absolute Gasteiger partial charge is 0.383 e. The first-order valence-electron chi connectivity index (χ1n) is 4.89. The van der Waals surface area contributed by atoms with Crippen LogP contribution in [0.15, 0.2) is 12.1 Å². The van der Waals surface area contributed by atoms with E-state index in [-0.39, 0.29) is 6.04 Å². The summed E-state index contributed by atoms with van der Waals surface area (Å²) in [5.41, 5.74) is 6.75. The van der Waals surface area contributed by atoms with Crippen LogP contribution in [0.1, 0.15) is 5.69 Å². The van der Waals surface area contributed by atoms with Crippen LogP contribution in [0.25, 0.3) is 0 Å². The van der Waals surface area contributed by atoms with Crippen molar-refractivity contribution in [1.29, 1.82) is 0 Å². The van der Waals surface area contributed by atoms with E-state index < -0.39 is 0 Å². The molecule has 84 valence electrons. The van der Waals surface area contributed by atoms with Crippen LogP contribution in [0, 0.1) is 6.92 Å². The Kier molecular flexibility index (Phi) is 4.45. The summed E-state index contributed by atoms with van der Waals surface area (Å²) in [7, 11) is 3.58. The van der Waals surface area contributed by atoms with Crippen molar-refractivity contribution in [3.8, 4) is 0 Å². The lowest BCUT2D eigenvalue weighted by molar-refractivity contribution is 0.181. The Bertz CT molecular complexity index is 288. The molecule has 0 saturated carbocycles. The molecule has 0 saturated heterocycles. The Balaban J connectivity index is 2.53. The zero-order valence-electron chi connectivity index (χ0n) is 9.47. The average molecular weight is 210 g/mol. The quantitative estimate of drug-likeness (QED) is 0.752. The van der Waals surface area contributed by atoms with Gasteiger partial charge in [0, 0.05) is 26.7 Å². The smallest absolute Gasteiger partial charge is 0.151 e. The molecule has 0 bridgehead atoms. The van der Waals surface area contributed by atoms with Gasteiger partial charge in [0.2, 0.25) is 0 Å². The van der Waals surface area contributed by atoms with Crippen molar-refractivity contribution in [3.63, 3.8) is 0 Å². The molecule has 1 rings (SSSR count). The van der Waals surface area contributed by atoms with Crippen LogP contribution in [-0.4, -0.2) is 43.5 Å². The maximum atomic E-state index is 5.84. The molecular formula is C10H18N4O. The fraction of sp³-hybridized carbons (Fsp3) is 0.600. The summed E-state index contributed by atoms with van der Waals surface area (Å²) in [5, 5.41) is 8.06. The monoisotopic (exact) mass is 210 g/mol. The molecule has 1 aromatic rings. The molecule has 0 fully saturated rings. The van der Waals surface area contributed by atoms with Crippen LogP contribution >= 0.6 is 0 Å². The van der Waals surface area contributed by atoms with Crippen LogP contribution in [-0.2, 0) is 4.74 Å². The minimum Gasteiger partial charge on any atom is -0.383 e. The average Bonchev–Trinajstić information content (AvgIpc) is 2.18. The standard InChI is InChI=1S/C10H18N4O/c1-8-4-5-10(13-12-8)14(2)6-9(11)7-15-3/h4-5,9H,6-7,11H2,1-3H3. The molecule has 0 spiro atoms. The fourth-order valence-electron chi connectivity index (χ4n) is 1.31. The summed E-state index contributed by atoms with van der Waals surface area (Å²) in [4.78, 5) is 1.97. The zero-order chi connectivity index (χ0) is 11.3. The van der Waals surface area contributed by atoms with Crippen LogP contribution in [0.2, 0.25) is 0 Å². The summed E-state index contributed by atoms with van der Waals surface area (Å²) in [6.45, 7) is 3.16. The van der Waals surface area contributed by atoms with E-state index in [0.29, 0.717) is 13.2 Å². The highest BCUT2D eigenvalue weighted by molar-refractivity contribution is 5.36. The summed E-state index contributed by atoms with van der Waals surface area (Å²) >= 11 is 0. The van der Waals surface area contributed by atoms with E-state index in [1.54, 1.807) is 7.11 Å². The lowest BCUT2D eigenvalue weighted by Crippen LogP contribution is -2.38. The number of ether oxygens (including phenoxy) is 1. The lowest BCUT2D eigenvalue weighted by Gasteiger charge is -2.21. The predicted molar refractivity (Wildman–Crippen MR) is 59.9 cm³/mol. The zero-order valence-corrected chi connectivity index (χ0v) is 9.47. The van der Waals surface area contributed by atoms with Crippen molar-refractivity contribution in [3.05, 3.63) is 17.8 Å². The van der Waals surface area contributed by atoms with Gasteiger partial charge in [0.1, 0.15) is 0 Å². The summed E-state index contributed by atoms with van der Waals surface area (Å²) in [6, 6.07) is 3.85. The lowest BCUT2D eigenvalue weighted by atomic mass is 10.3.